The van der Waals surface area contributed by atoms with Crippen molar-refractivity contribution in [3.63, 3.8) is 0 Å². The number of aryl methyl sites for hydroxylation is 2. The van der Waals surface area contributed by atoms with Crippen molar-refractivity contribution in [2.24, 2.45) is 0 Å². The van der Waals surface area contributed by atoms with Crippen LogP contribution < -0.4 is 11.1 Å². The summed E-state index contributed by atoms with van der Waals surface area (Å²) >= 11 is 0. The normalized spacial score (nSPS) is 12.4. The average Bonchev–Trinajstić information content (AvgIpc) is 2.62. The molecule has 0 radical (unpaired) electrons. The van der Waals surface area contributed by atoms with E-state index in [9.17, 15) is 0 Å². The average molecular weight is 233 g/mol. The Morgan fingerprint density at radius 1 is 1.29 bits per heavy atom. The van der Waals surface area contributed by atoms with Crippen LogP contribution in [0.15, 0.2) is 16.7 Å². The topological polar surface area (TPSA) is 89.9 Å². The zero-order chi connectivity index (χ0) is 12.4. The Morgan fingerprint density at radius 3 is 2.59 bits per heavy atom. The summed E-state index contributed by atoms with van der Waals surface area (Å²) in [7, 11) is 0. The molecule has 2 heterocycles. The van der Waals surface area contributed by atoms with Gasteiger partial charge in [0.2, 0.25) is 0 Å². The van der Waals surface area contributed by atoms with Crippen LogP contribution >= 0.6 is 0 Å². The maximum Gasteiger partial charge on any atom is 0.149 e. The lowest BCUT2D eigenvalue weighted by Gasteiger charge is -2.13. The van der Waals surface area contributed by atoms with E-state index in [1.54, 1.807) is 12.1 Å². The molecule has 0 fully saturated rings. The van der Waals surface area contributed by atoms with Gasteiger partial charge in [0.25, 0.3) is 0 Å². The lowest BCUT2D eigenvalue weighted by Crippen LogP contribution is -2.10. The van der Waals surface area contributed by atoms with Gasteiger partial charge < -0.3 is 15.6 Å². The van der Waals surface area contributed by atoms with E-state index >= 15 is 0 Å². The molecule has 0 saturated carbocycles. The van der Waals surface area contributed by atoms with E-state index < -0.39 is 0 Å². The minimum atomic E-state index is 0.0548. The molecule has 90 valence electrons. The highest BCUT2D eigenvalue weighted by Gasteiger charge is 2.16. The minimum absolute atomic E-state index is 0.0548. The van der Waals surface area contributed by atoms with E-state index in [1.165, 1.54) is 0 Å². The van der Waals surface area contributed by atoms with Gasteiger partial charge in [-0.15, -0.1) is 10.2 Å². The maximum atomic E-state index is 5.47. The third-order valence-electron chi connectivity index (χ3n) is 2.57. The van der Waals surface area contributed by atoms with E-state index in [0.717, 1.165) is 17.0 Å². The SMILES string of the molecule is Cc1noc(C)c1C(C)Nc1ccc(N)nn1. The number of aromatic nitrogens is 3. The zero-order valence-corrected chi connectivity index (χ0v) is 10.1. The van der Waals surface area contributed by atoms with Crippen molar-refractivity contribution in [2.45, 2.75) is 26.8 Å². The van der Waals surface area contributed by atoms with Crippen molar-refractivity contribution in [1.82, 2.24) is 15.4 Å². The molecule has 2 rings (SSSR count). The van der Waals surface area contributed by atoms with Crippen LogP contribution in [0.1, 0.15) is 30.0 Å². The van der Waals surface area contributed by atoms with Crippen molar-refractivity contribution < 1.29 is 4.52 Å². The second-order valence-electron chi connectivity index (χ2n) is 3.95. The molecule has 0 spiro atoms. The molecule has 0 aromatic carbocycles. The van der Waals surface area contributed by atoms with Gasteiger partial charge in [-0.05, 0) is 32.9 Å². The van der Waals surface area contributed by atoms with Gasteiger partial charge >= 0.3 is 0 Å². The third-order valence-corrected chi connectivity index (χ3v) is 2.57. The summed E-state index contributed by atoms with van der Waals surface area (Å²) in [5.41, 5.74) is 7.40. The van der Waals surface area contributed by atoms with E-state index in [4.69, 9.17) is 10.3 Å². The van der Waals surface area contributed by atoms with Crippen molar-refractivity contribution in [3.05, 3.63) is 29.2 Å². The molecular formula is C11H15N5O. The van der Waals surface area contributed by atoms with Crippen LogP contribution in [0.2, 0.25) is 0 Å². The largest absolute Gasteiger partial charge is 0.382 e. The molecule has 17 heavy (non-hydrogen) atoms. The maximum absolute atomic E-state index is 5.47. The second kappa shape index (κ2) is 4.40. The lowest BCUT2D eigenvalue weighted by atomic mass is 10.1. The fourth-order valence-electron chi connectivity index (χ4n) is 1.82. The first-order chi connectivity index (χ1) is 8.08. The van der Waals surface area contributed by atoms with Crippen LogP contribution in [-0.2, 0) is 0 Å². The number of rotatable bonds is 3. The molecule has 0 aliphatic carbocycles. The number of nitrogens with one attached hydrogen (secondary N) is 1. The van der Waals surface area contributed by atoms with Gasteiger partial charge in [0.1, 0.15) is 17.4 Å². The van der Waals surface area contributed by atoms with Gasteiger partial charge in [-0.2, -0.15) is 0 Å². The van der Waals surface area contributed by atoms with Crippen molar-refractivity contribution >= 4 is 11.6 Å². The van der Waals surface area contributed by atoms with Crippen LogP contribution in [-0.4, -0.2) is 15.4 Å². The highest BCUT2D eigenvalue weighted by Crippen LogP contribution is 2.23. The predicted octanol–water partition coefficient (Wildman–Crippen LogP) is 1.84. The van der Waals surface area contributed by atoms with E-state index in [-0.39, 0.29) is 6.04 Å². The Balaban J connectivity index is 2.17. The summed E-state index contributed by atoms with van der Waals surface area (Å²) < 4.78 is 5.13. The summed E-state index contributed by atoms with van der Waals surface area (Å²) in [6.07, 6.45) is 0. The van der Waals surface area contributed by atoms with Crippen LogP contribution in [0.25, 0.3) is 0 Å². The monoisotopic (exact) mass is 233 g/mol. The fourth-order valence-corrected chi connectivity index (χ4v) is 1.82. The first kappa shape index (κ1) is 11.4. The molecule has 1 unspecified atom stereocenters. The molecule has 0 aliphatic rings. The Morgan fingerprint density at radius 2 is 2.06 bits per heavy atom. The van der Waals surface area contributed by atoms with Gasteiger partial charge in [0.05, 0.1) is 11.7 Å². The summed E-state index contributed by atoms with van der Waals surface area (Å²) in [6, 6.07) is 3.55. The highest BCUT2D eigenvalue weighted by molar-refractivity contribution is 5.41. The zero-order valence-electron chi connectivity index (χ0n) is 10.1. The lowest BCUT2D eigenvalue weighted by molar-refractivity contribution is 0.392. The molecule has 0 aliphatic heterocycles. The Hall–Kier alpha value is -2.11. The molecular weight excluding hydrogens is 218 g/mol. The number of hydrogen-bond donors (Lipinski definition) is 2. The van der Waals surface area contributed by atoms with Gasteiger partial charge in [-0.1, -0.05) is 5.16 Å². The third kappa shape index (κ3) is 2.35. The molecule has 2 aromatic heterocycles. The van der Waals surface area contributed by atoms with E-state index in [0.29, 0.717) is 11.6 Å². The molecule has 6 heteroatoms. The molecule has 0 bridgehead atoms. The van der Waals surface area contributed by atoms with Crippen LogP contribution in [0.3, 0.4) is 0 Å². The van der Waals surface area contributed by atoms with Crippen molar-refractivity contribution in [3.8, 4) is 0 Å². The smallest absolute Gasteiger partial charge is 0.149 e. The van der Waals surface area contributed by atoms with Crippen molar-refractivity contribution in [2.75, 3.05) is 11.1 Å². The summed E-state index contributed by atoms with van der Waals surface area (Å²) in [5, 5.41) is 14.9. The fraction of sp³-hybridized carbons (Fsp3) is 0.364. The molecule has 0 saturated heterocycles. The predicted molar refractivity (Wildman–Crippen MR) is 64.5 cm³/mol. The number of anilines is 2. The van der Waals surface area contributed by atoms with E-state index in [1.807, 2.05) is 20.8 Å². The number of nitrogens with two attached hydrogens (primary N) is 1. The molecule has 0 amide bonds. The van der Waals surface area contributed by atoms with Gasteiger partial charge in [-0.25, -0.2) is 0 Å². The van der Waals surface area contributed by atoms with Crippen molar-refractivity contribution in [1.29, 1.82) is 0 Å². The molecule has 3 N–H and O–H groups in total. The summed E-state index contributed by atoms with van der Waals surface area (Å²) in [6.45, 7) is 5.82. The standard InChI is InChI=1S/C11H15N5O/c1-6(11-7(2)16-17-8(11)3)13-10-5-4-9(12)14-15-10/h4-6H,1-3H3,(H2,12,14)(H,13,15). The number of hydrogen-bond acceptors (Lipinski definition) is 6. The summed E-state index contributed by atoms with van der Waals surface area (Å²) in [5.74, 6) is 1.89. The van der Waals surface area contributed by atoms with Gasteiger partial charge in [0, 0.05) is 5.56 Å². The molecule has 1 atom stereocenters. The number of nitrogens with zero attached hydrogens (tertiary/aromatic N) is 3. The first-order valence-electron chi connectivity index (χ1n) is 5.36. The van der Waals surface area contributed by atoms with Crippen LogP contribution in [0, 0.1) is 13.8 Å². The Bertz CT molecular complexity index is 486. The first-order valence-corrected chi connectivity index (χ1v) is 5.36. The van der Waals surface area contributed by atoms with Gasteiger partial charge in [-0.3, -0.25) is 0 Å². The second-order valence-corrected chi connectivity index (χ2v) is 3.95. The number of nitrogen functional groups attached to an aromatic ring is 1. The highest BCUT2D eigenvalue weighted by atomic mass is 16.5. The van der Waals surface area contributed by atoms with Crippen LogP contribution in [0.4, 0.5) is 11.6 Å². The minimum Gasteiger partial charge on any atom is -0.382 e. The Kier molecular flexibility index (Phi) is 2.95. The van der Waals surface area contributed by atoms with Gasteiger partial charge in [0.15, 0.2) is 0 Å². The molecule has 2 aromatic rings. The van der Waals surface area contributed by atoms with Crippen LogP contribution in [0.5, 0.6) is 0 Å². The molecule has 6 nitrogen and oxygen atoms in total. The summed E-state index contributed by atoms with van der Waals surface area (Å²) in [4.78, 5) is 0. The quantitative estimate of drug-likeness (QED) is 0.840. The Labute approximate surface area is 99.2 Å². The van der Waals surface area contributed by atoms with E-state index in [2.05, 4.69) is 20.7 Å².